The number of aromatic amines is 1. The Balaban J connectivity index is 1.86. The summed E-state index contributed by atoms with van der Waals surface area (Å²) in [5.74, 6) is 6.59. The van der Waals surface area contributed by atoms with Crippen LogP contribution in [0.1, 0.15) is 22.4 Å². The molecule has 132 valence electrons. The number of nitrogens with one attached hydrogen (secondary N) is 2. The van der Waals surface area contributed by atoms with Crippen molar-refractivity contribution in [1.82, 2.24) is 9.97 Å². The quantitative estimate of drug-likeness (QED) is 0.374. The average Bonchev–Trinajstić information content (AvgIpc) is 3.26. The smallest absolute Gasteiger partial charge is 0.256 e. The first-order valence-electron chi connectivity index (χ1n) is 8.26. The summed E-state index contributed by atoms with van der Waals surface area (Å²) in [6.07, 6.45) is 6.86. The van der Waals surface area contributed by atoms with Crippen LogP contribution in [0.5, 0.6) is 5.75 Å². The van der Waals surface area contributed by atoms with E-state index in [1.165, 1.54) is 0 Å². The minimum absolute atomic E-state index is 0.211. The van der Waals surface area contributed by atoms with Crippen LogP contribution in [0.2, 0.25) is 0 Å². The second-order valence-electron chi connectivity index (χ2n) is 5.92. The molecule has 4 N–H and O–H groups in total. The number of rotatable bonds is 2. The van der Waals surface area contributed by atoms with Gasteiger partial charge in [0.1, 0.15) is 5.75 Å². The second-order valence-corrected chi connectivity index (χ2v) is 5.92. The maximum atomic E-state index is 12.6. The summed E-state index contributed by atoms with van der Waals surface area (Å²) in [6, 6.07) is 9.00. The summed E-state index contributed by atoms with van der Waals surface area (Å²) in [7, 11) is 1.58. The molecule has 3 heterocycles. The van der Waals surface area contributed by atoms with Gasteiger partial charge in [-0.1, -0.05) is 11.8 Å². The fourth-order valence-corrected chi connectivity index (χ4v) is 2.95. The summed E-state index contributed by atoms with van der Waals surface area (Å²) in [5, 5.41) is 2.87. The maximum absolute atomic E-state index is 12.6. The van der Waals surface area contributed by atoms with Crippen LogP contribution in [0.15, 0.2) is 48.9 Å². The number of benzene rings is 1. The first-order valence-corrected chi connectivity index (χ1v) is 8.26. The highest BCUT2D eigenvalue weighted by Crippen LogP contribution is 2.38. The second kappa shape index (κ2) is 6.73. The third-order valence-electron chi connectivity index (χ3n) is 4.24. The molecule has 4 rings (SSSR count). The summed E-state index contributed by atoms with van der Waals surface area (Å²) in [4.78, 5) is 19.7. The van der Waals surface area contributed by atoms with Crippen LogP contribution in [-0.4, -0.2) is 23.0 Å². The number of carbonyl (C=O) groups excluding carboxylic acids is 1. The number of nitrogens with two attached hydrogens (primary N) is 1. The minimum atomic E-state index is -0.211. The van der Waals surface area contributed by atoms with Gasteiger partial charge in [0.25, 0.3) is 5.91 Å². The molecular weight excluding hydrogens is 340 g/mol. The lowest BCUT2D eigenvalue weighted by molar-refractivity contribution is -0.110. The molecular formula is C21H16N4O2. The normalized spacial score (nSPS) is 13.7. The number of hydrogen-bond acceptors (Lipinski definition) is 4. The number of H-pyrrole nitrogens is 1. The molecule has 0 atom stereocenters. The van der Waals surface area contributed by atoms with Crippen molar-refractivity contribution in [3.63, 3.8) is 0 Å². The van der Waals surface area contributed by atoms with Gasteiger partial charge in [0.05, 0.1) is 29.6 Å². The van der Waals surface area contributed by atoms with E-state index in [4.69, 9.17) is 10.5 Å². The molecule has 1 amide bonds. The molecule has 1 aliphatic heterocycles. The summed E-state index contributed by atoms with van der Waals surface area (Å²) in [5.41, 5.74) is 10.6. The van der Waals surface area contributed by atoms with E-state index in [9.17, 15) is 4.79 Å². The first-order chi connectivity index (χ1) is 13.2. The largest absolute Gasteiger partial charge is 0.495 e. The van der Waals surface area contributed by atoms with Gasteiger partial charge in [0.15, 0.2) is 0 Å². The van der Waals surface area contributed by atoms with Crippen LogP contribution in [0.25, 0.3) is 11.6 Å². The Hall–Kier alpha value is -3.98. The van der Waals surface area contributed by atoms with Gasteiger partial charge in [-0.2, -0.15) is 0 Å². The van der Waals surface area contributed by atoms with Crippen molar-refractivity contribution in [3.8, 4) is 17.6 Å². The van der Waals surface area contributed by atoms with Gasteiger partial charge in [-0.25, -0.2) is 0 Å². The maximum Gasteiger partial charge on any atom is 0.256 e. The Labute approximate surface area is 156 Å². The lowest BCUT2D eigenvalue weighted by Gasteiger charge is -2.06. The summed E-state index contributed by atoms with van der Waals surface area (Å²) >= 11 is 0. The van der Waals surface area contributed by atoms with Crippen molar-refractivity contribution < 1.29 is 9.53 Å². The Morgan fingerprint density at radius 1 is 1.22 bits per heavy atom. The number of fused-ring (bicyclic) bond motifs is 1. The molecule has 0 fully saturated rings. The summed E-state index contributed by atoms with van der Waals surface area (Å²) in [6.45, 7) is 0. The minimum Gasteiger partial charge on any atom is -0.495 e. The third-order valence-corrected chi connectivity index (χ3v) is 4.24. The molecule has 27 heavy (non-hydrogen) atoms. The standard InChI is InChI=1S/C21H16N4O2/c1-27-19-8-10-24-18(19)11-15-20-14(5-4-13-3-2-9-23-12-13)16(22)6-7-17(20)25-21(15)26/h2-3,6-12,24H,22H2,1H3,(H,25,26)/b15-11-. The molecule has 0 unspecified atom stereocenters. The molecule has 0 saturated carbocycles. The number of pyridine rings is 1. The van der Waals surface area contributed by atoms with Gasteiger partial charge in [0.2, 0.25) is 0 Å². The molecule has 1 aromatic carbocycles. The molecule has 0 bridgehead atoms. The fraction of sp³-hybridized carbons (Fsp3) is 0.0476. The zero-order valence-corrected chi connectivity index (χ0v) is 14.5. The molecule has 2 aromatic heterocycles. The number of ether oxygens (including phenoxy) is 1. The van der Waals surface area contributed by atoms with Crippen molar-refractivity contribution in [2.75, 3.05) is 18.2 Å². The Bertz CT molecular complexity index is 1120. The predicted octanol–water partition coefficient (Wildman–Crippen LogP) is 2.89. The number of nitrogen functional groups attached to an aromatic ring is 1. The van der Waals surface area contributed by atoms with Gasteiger partial charge in [-0.05, 0) is 36.4 Å². The highest BCUT2D eigenvalue weighted by Gasteiger charge is 2.28. The highest BCUT2D eigenvalue weighted by atomic mass is 16.5. The third kappa shape index (κ3) is 3.02. The number of nitrogens with zero attached hydrogens (tertiary/aromatic N) is 1. The molecule has 0 saturated heterocycles. The van der Waals surface area contributed by atoms with Crippen LogP contribution in [0.4, 0.5) is 11.4 Å². The van der Waals surface area contributed by atoms with E-state index in [0.29, 0.717) is 39.5 Å². The average molecular weight is 356 g/mol. The molecule has 0 aliphatic carbocycles. The topological polar surface area (TPSA) is 93.0 Å². The lowest BCUT2D eigenvalue weighted by Crippen LogP contribution is -2.03. The zero-order chi connectivity index (χ0) is 18.8. The Kier molecular flexibility index (Phi) is 4.11. The number of anilines is 2. The van der Waals surface area contributed by atoms with E-state index in [1.54, 1.807) is 50.0 Å². The van der Waals surface area contributed by atoms with Crippen LogP contribution in [-0.2, 0) is 4.79 Å². The molecule has 0 spiro atoms. The van der Waals surface area contributed by atoms with Gasteiger partial charge < -0.3 is 20.8 Å². The van der Waals surface area contributed by atoms with Gasteiger partial charge in [-0.3, -0.25) is 9.78 Å². The van der Waals surface area contributed by atoms with E-state index < -0.39 is 0 Å². The highest BCUT2D eigenvalue weighted by molar-refractivity contribution is 6.35. The van der Waals surface area contributed by atoms with Gasteiger partial charge >= 0.3 is 0 Å². The SMILES string of the molecule is COc1cc[nH]c1/C=C1\C(=O)Nc2ccc(N)c(C#Cc3cccnc3)c21. The van der Waals surface area contributed by atoms with Crippen molar-refractivity contribution >= 4 is 28.9 Å². The lowest BCUT2D eigenvalue weighted by atomic mass is 9.98. The molecule has 1 aliphatic rings. The van der Waals surface area contributed by atoms with E-state index in [2.05, 4.69) is 27.1 Å². The molecule has 3 aromatic rings. The van der Waals surface area contributed by atoms with Crippen LogP contribution >= 0.6 is 0 Å². The number of hydrogen-bond donors (Lipinski definition) is 3. The van der Waals surface area contributed by atoms with E-state index >= 15 is 0 Å². The van der Waals surface area contributed by atoms with E-state index in [1.807, 2.05) is 12.1 Å². The number of aromatic nitrogens is 2. The van der Waals surface area contributed by atoms with Crippen LogP contribution < -0.4 is 15.8 Å². The molecule has 0 radical (unpaired) electrons. The van der Waals surface area contributed by atoms with Crippen molar-refractivity contribution in [3.05, 3.63) is 71.3 Å². The van der Waals surface area contributed by atoms with Gasteiger partial charge in [0, 0.05) is 35.4 Å². The molecule has 6 heteroatoms. The monoisotopic (exact) mass is 356 g/mol. The van der Waals surface area contributed by atoms with Crippen molar-refractivity contribution in [2.45, 2.75) is 0 Å². The van der Waals surface area contributed by atoms with Gasteiger partial charge in [-0.15, -0.1) is 0 Å². The van der Waals surface area contributed by atoms with Crippen molar-refractivity contribution in [1.29, 1.82) is 0 Å². The number of amides is 1. The van der Waals surface area contributed by atoms with Crippen LogP contribution in [0, 0.1) is 11.8 Å². The predicted molar refractivity (Wildman–Crippen MR) is 105 cm³/mol. The van der Waals surface area contributed by atoms with Crippen LogP contribution in [0.3, 0.4) is 0 Å². The number of carbonyl (C=O) groups is 1. The fourth-order valence-electron chi connectivity index (χ4n) is 2.95. The molecule has 6 nitrogen and oxygen atoms in total. The Morgan fingerprint density at radius 3 is 2.89 bits per heavy atom. The first kappa shape index (κ1) is 16.5. The van der Waals surface area contributed by atoms with E-state index in [0.717, 1.165) is 5.56 Å². The van der Waals surface area contributed by atoms with Crippen molar-refractivity contribution in [2.24, 2.45) is 0 Å². The Morgan fingerprint density at radius 2 is 2.11 bits per heavy atom. The summed E-state index contributed by atoms with van der Waals surface area (Å²) < 4.78 is 5.31. The zero-order valence-electron chi connectivity index (χ0n) is 14.5. The number of methoxy groups -OCH3 is 1. The van der Waals surface area contributed by atoms with E-state index in [-0.39, 0.29) is 5.91 Å².